The molecule has 2 aliphatic rings. The molecule has 0 aromatic carbocycles. The Morgan fingerprint density at radius 3 is 2.66 bits per heavy atom. The third-order valence-corrected chi connectivity index (χ3v) is 6.59. The van der Waals surface area contributed by atoms with E-state index in [1.807, 2.05) is 35.5 Å². The average molecular weight is 475 g/mol. The summed E-state index contributed by atoms with van der Waals surface area (Å²) in [7, 11) is 1.89. The van der Waals surface area contributed by atoms with Gasteiger partial charge >= 0.3 is 12.1 Å². The molecule has 2 saturated heterocycles. The van der Waals surface area contributed by atoms with E-state index in [9.17, 15) is 18.0 Å². The number of halogens is 3. The summed E-state index contributed by atoms with van der Waals surface area (Å²) in [4.78, 5) is 29.3. The summed E-state index contributed by atoms with van der Waals surface area (Å²) in [6.07, 6.45) is -2.90. The van der Waals surface area contributed by atoms with E-state index in [0.29, 0.717) is 30.2 Å². The molecule has 3 atom stereocenters. The molecule has 2 fully saturated rings. The number of thiazole rings is 1. The van der Waals surface area contributed by atoms with Crippen molar-refractivity contribution in [2.45, 2.75) is 25.7 Å². The molecule has 8 nitrogen and oxygen atoms in total. The first-order chi connectivity index (χ1) is 15.1. The summed E-state index contributed by atoms with van der Waals surface area (Å²) in [5.41, 5.74) is 3.75. The van der Waals surface area contributed by atoms with Crippen molar-refractivity contribution in [2.24, 2.45) is 18.9 Å². The normalized spacial score (nSPS) is 22.8. The standard InChI is InChI=1S/C18H24N4O2S.C2HF3O2/c1-12-17(25-11-20-12)9-22-7-14-13(10-24-16(14)8-22)6-19-18(23)15-4-3-5-21(15)2;3-2(4,5)1(6)7/h3-5,11,13-14,16H,6-10H2,1-2H3,(H,19,23);(H,6,7)/t13-,14-,16-;/m1./s1. The Bertz CT molecular complexity index is 945. The zero-order valence-corrected chi connectivity index (χ0v) is 18.4. The third kappa shape index (κ3) is 5.87. The highest BCUT2D eigenvalue weighted by Crippen LogP contribution is 2.34. The van der Waals surface area contributed by atoms with Gasteiger partial charge in [0.05, 0.1) is 23.9 Å². The van der Waals surface area contributed by atoms with Gasteiger partial charge in [-0.2, -0.15) is 13.2 Å². The van der Waals surface area contributed by atoms with Crippen molar-refractivity contribution in [1.82, 2.24) is 19.8 Å². The molecule has 176 valence electrons. The maximum absolute atomic E-state index is 12.3. The second-order valence-corrected chi connectivity index (χ2v) is 8.81. The van der Waals surface area contributed by atoms with Crippen LogP contribution in [0.25, 0.3) is 0 Å². The minimum atomic E-state index is -5.08. The number of alkyl halides is 3. The summed E-state index contributed by atoms with van der Waals surface area (Å²) in [5.74, 6) is -1.87. The second-order valence-electron chi connectivity index (χ2n) is 7.87. The molecule has 0 unspecified atom stereocenters. The number of ether oxygens (including phenoxy) is 1. The van der Waals surface area contributed by atoms with Gasteiger partial charge in [0.15, 0.2) is 0 Å². The van der Waals surface area contributed by atoms with E-state index in [4.69, 9.17) is 14.6 Å². The fourth-order valence-electron chi connectivity index (χ4n) is 3.91. The highest BCUT2D eigenvalue weighted by molar-refractivity contribution is 7.09. The lowest BCUT2D eigenvalue weighted by Gasteiger charge is -2.19. The molecule has 0 radical (unpaired) electrons. The second kappa shape index (κ2) is 10.0. The molecule has 1 amide bonds. The summed E-state index contributed by atoms with van der Waals surface area (Å²) >= 11 is 1.73. The fraction of sp³-hybridized carbons (Fsp3) is 0.550. The summed E-state index contributed by atoms with van der Waals surface area (Å²) in [6.45, 7) is 6.46. The number of carbonyl (C=O) groups is 2. The topological polar surface area (TPSA) is 96.7 Å². The van der Waals surface area contributed by atoms with Crippen molar-refractivity contribution in [3.05, 3.63) is 40.1 Å². The Morgan fingerprint density at radius 2 is 2.09 bits per heavy atom. The van der Waals surface area contributed by atoms with E-state index < -0.39 is 12.1 Å². The van der Waals surface area contributed by atoms with Crippen molar-refractivity contribution < 1.29 is 32.6 Å². The minimum absolute atomic E-state index is 0.00825. The lowest BCUT2D eigenvalue weighted by Crippen LogP contribution is -2.34. The number of amides is 1. The van der Waals surface area contributed by atoms with E-state index in [0.717, 1.165) is 31.9 Å². The van der Waals surface area contributed by atoms with Crippen LogP contribution < -0.4 is 5.32 Å². The number of nitrogens with one attached hydrogen (secondary N) is 1. The number of likely N-dealkylation sites (tertiary alicyclic amines) is 1. The quantitative estimate of drug-likeness (QED) is 0.691. The van der Waals surface area contributed by atoms with Crippen LogP contribution in [0.2, 0.25) is 0 Å². The Kier molecular flexibility index (Phi) is 7.57. The van der Waals surface area contributed by atoms with Gasteiger partial charge in [-0.1, -0.05) is 0 Å². The van der Waals surface area contributed by atoms with Crippen molar-refractivity contribution in [3.63, 3.8) is 0 Å². The van der Waals surface area contributed by atoms with Gasteiger partial charge in [-0.15, -0.1) is 11.3 Å². The number of aryl methyl sites for hydroxylation is 2. The molecular weight excluding hydrogens is 449 g/mol. The first-order valence-electron chi connectivity index (χ1n) is 9.98. The number of hydrogen-bond donors (Lipinski definition) is 2. The molecule has 0 saturated carbocycles. The Labute approximate surface area is 187 Å². The lowest BCUT2D eigenvalue weighted by molar-refractivity contribution is -0.192. The maximum atomic E-state index is 12.3. The predicted molar refractivity (Wildman–Crippen MR) is 110 cm³/mol. The van der Waals surface area contributed by atoms with E-state index >= 15 is 0 Å². The zero-order valence-electron chi connectivity index (χ0n) is 17.6. The first-order valence-corrected chi connectivity index (χ1v) is 10.9. The molecule has 2 N–H and O–H groups in total. The monoisotopic (exact) mass is 474 g/mol. The van der Waals surface area contributed by atoms with Crippen LogP contribution in [-0.4, -0.2) is 70.0 Å². The van der Waals surface area contributed by atoms with E-state index in [2.05, 4.69) is 22.1 Å². The number of carboxylic acid groups (broad SMARTS) is 1. The Morgan fingerprint density at radius 1 is 1.38 bits per heavy atom. The maximum Gasteiger partial charge on any atom is 0.490 e. The van der Waals surface area contributed by atoms with Gasteiger partial charge < -0.3 is 19.7 Å². The summed E-state index contributed by atoms with van der Waals surface area (Å²) in [6, 6.07) is 3.73. The number of carboxylic acids is 1. The molecule has 0 aliphatic carbocycles. The van der Waals surface area contributed by atoms with E-state index in [1.54, 1.807) is 11.3 Å². The molecule has 0 spiro atoms. The number of fused-ring (bicyclic) bond motifs is 1. The highest BCUT2D eigenvalue weighted by atomic mass is 32.1. The third-order valence-electron chi connectivity index (χ3n) is 5.67. The van der Waals surface area contributed by atoms with Crippen molar-refractivity contribution in [1.29, 1.82) is 0 Å². The number of hydrogen-bond acceptors (Lipinski definition) is 6. The van der Waals surface area contributed by atoms with Gasteiger partial charge in [0.2, 0.25) is 0 Å². The van der Waals surface area contributed by atoms with Crippen molar-refractivity contribution >= 4 is 23.2 Å². The van der Waals surface area contributed by atoms with Gasteiger partial charge in [-0.25, -0.2) is 9.78 Å². The van der Waals surface area contributed by atoms with E-state index in [1.165, 1.54) is 4.88 Å². The predicted octanol–water partition coefficient (Wildman–Crippen LogP) is 2.30. The number of nitrogens with zero attached hydrogens (tertiary/aromatic N) is 3. The number of aliphatic carboxylic acids is 1. The fourth-order valence-corrected chi connectivity index (χ4v) is 4.73. The Hall–Kier alpha value is -2.44. The summed E-state index contributed by atoms with van der Waals surface area (Å²) < 4.78 is 39.6. The van der Waals surface area contributed by atoms with Crippen molar-refractivity contribution in [2.75, 3.05) is 26.2 Å². The first kappa shape index (κ1) is 24.2. The van der Waals surface area contributed by atoms with Crippen LogP contribution in [0.3, 0.4) is 0 Å². The average Bonchev–Trinajstić information content (AvgIpc) is 3.47. The molecule has 2 aliphatic heterocycles. The smallest absolute Gasteiger partial charge is 0.475 e. The number of carbonyl (C=O) groups excluding carboxylic acids is 1. The minimum Gasteiger partial charge on any atom is -0.475 e. The Balaban J connectivity index is 0.000000360. The molecule has 4 heterocycles. The van der Waals surface area contributed by atoms with Crippen LogP contribution in [0.15, 0.2) is 23.8 Å². The van der Waals surface area contributed by atoms with Crippen molar-refractivity contribution in [3.8, 4) is 0 Å². The van der Waals surface area contributed by atoms with Crippen LogP contribution in [0.5, 0.6) is 0 Å². The largest absolute Gasteiger partial charge is 0.490 e. The number of rotatable bonds is 5. The lowest BCUT2D eigenvalue weighted by atomic mass is 9.93. The van der Waals surface area contributed by atoms with Gasteiger partial charge in [0.1, 0.15) is 5.69 Å². The van der Waals surface area contributed by atoms with E-state index in [-0.39, 0.29) is 5.91 Å². The van der Waals surface area contributed by atoms with Gasteiger partial charge in [0.25, 0.3) is 5.91 Å². The molecule has 2 aromatic rings. The molecule has 12 heteroatoms. The molecule has 4 rings (SSSR count). The van der Waals surface area contributed by atoms with Gasteiger partial charge in [0, 0.05) is 56.1 Å². The highest BCUT2D eigenvalue weighted by Gasteiger charge is 2.43. The van der Waals surface area contributed by atoms with Crippen LogP contribution in [-0.2, 0) is 23.1 Å². The van der Waals surface area contributed by atoms with Gasteiger partial charge in [-0.05, 0) is 19.1 Å². The van der Waals surface area contributed by atoms with Crippen LogP contribution in [0.1, 0.15) is 21.1 Å². The molecule has 2 aromatic heterocycles. The molecule has 32 heavy (non-hydrogen) atoms. The molecular formula is C20H25F3N4O4S. The SMILES string of the molecule is Cc1ncsc1CN1C[C@@H]2[C@H](CNC(=O)c3cccn3C)CO[C@@H]2C1.O=C(O)C(F)(F)F. The van der Waals surface area contributed by atoms with Crippen LogP contribution >= 0.6 is 11.3 Å². The summed E-state index contributed by atoms with van der Waals surface area (Å²) in [5, 5.41) is 10.2. The van der Waals surface area contributed by atoms with Gasteiger partial charge in [-0.3, -0.25) is 9.69 Å². The zero-order chi connectivity index (χ0) is 23.5. The molecule has 0 bridgehead atoms. The number of aromatic nitrogens is 2. The van der Waals surface area contributed by atoms with Crippen LogP contribution in [0.4, 0.5) is 13.2 Å². The van der Waals surface area contributed by atoms with Crippen LogP contribution in [0, 0.1) is 18.8 Å².